The predicted molar refractivity (Wildman–Crippen MR) is 69.8 cm³/mol. The lowest BCUT2D eigenvalue weighted by molar-refractivity contribution is -0.142. The number of hydrogen-bond donors (Lipinski definition) is 2. The van der Waals surface area contributed by atoms with Crippen LogP contribution in [0.25, 0.3) is 0 Å². The zero-order valence-electron chi connectivity index (χ0n) is 10.2. The second-order valence-corrected chi connectivity index (χ2v) is 4.42. The van der Waals surface area contributed by atoms with Gasteiger partial charge in [0.25, 0.3) is 0 Å². The molecule has 2 N–H and O–H groups in total. The monoisotopic (exact) mass is 270 g/mol. The molecule has 1 rings (SSSR count). The molecule has 1 aromatic rings. The molecule has 0 bridgehead atoms. The number of halogens is 1. The number of carbonyl (C=O) groups is 2. The molecule has 1 unspecified atom stereocenters. The molecule has 6 heteroatoms. The molecule has 98 valence electrons. The Morgan fingerprint density at radius 2 is 2.17 bits per heavy atom. The van der Waals surface area contributed by atoms with Crippen LogP contribution >= 0.6 is 11.6 Å². The molecule has 0 aromatic heterocycles. The molecule has 1 aromatic carbocycles. The van der Waals surface area contributed by atoms with Crippen LogP contribution in [-0.2, 0) is 9.59 Å². The first-order valence-corrected chi connectivity index (χ1v) is 5.76. The highest BCUT2D eigenvalue weighted by Gasteiger charge is 2.18. The first-order valence-electron chi connectivity index (χ1n) is 5.38. The highest BCUT2D eigenvalue weighted by atomic mass is 35.5. The number of benzene rings is 1. The lowest BCUT2D eigenvalue weighted by atomic mass is 10.3. The van der Waals surface area contributed by atoms with Gasteiger partial charge < -0.3 is 10.4 Å². The maximum Gasteiger partial charge on any atom is 0.320 e. The zero-order chi connectivity index (χ0) is 13.7. The topological polar surface area (TPSA) is 69.6 Å². The summed E-state index contributed by atoms with van der Waals surface area (Å²) in [5.41, 5.74) is 0.587. The Morgan fingerprint density at radius 1 is 1.50 bits per heavy atom. The second kappa shape index (κ2) is 6.37. The highest BCUT2D eigenvalue weighted by molar-refractivity contribution is 6.30. The van der Waals surface area contributed by atoms with Gasteiger partial charge in [0, 0.05) is 10.7 Å². The van der Waals surface area contributed by atoms with Gasteiger partial charge in [-0.2, -0.15) is 0 Å². The number of carboxylic acid groups (broad SMARTS) is 1. The number of carbonyl (C=O) groups excluding carboxylic acids is 1. The van der Waals surface area contributed by atoms with E-state index in [2.05, 4.69) is 5.32 Å². The van der Waals surface area contributed by atoms with Gasteiger partial charge in [-0.3, -0.25) is 14.5 Å². The Labute approximate surface area is 110 Å². The van der Waals surface area contributed by atoms with Gasteiger partial charge in [-0.25, -0.2) is 0 Å². The Morgan fingerprint density at radius 3 is 2.72 bits per heavy atom. The number of nitrogens with zero attached hydrogens (tertiary/aromatic N) is 1. The third-order valence-electron chi connectivity index (χ3n) is 2.52. The summed E-state index contributed by atoms with van der Waals surface area (Å²) < 4.78 is 0. The van der Waals surface area contributed by atoms with Crippen LogP contribution in [0.15, 0.2) is 24.3 Å². The fraction of sp³-hybridized carbons (Fsp3) is 0.333. The predicted octanol–water partition coefficient (Wildman–Crippen LogP) is 1.68. The lowest BCUT2D eigenvalue weighted by Gasteiger charge is -2.20. The lowest BCUT2D eigenvalue weighted by Crippen LogP contribution is -2.40. The largest absolute Gasteiger partial charge is 0.480 e. The van der Waals surface area contributed by atoms with Crippen LogP contribution < -0.4 is 5.32 Å². The van der Waals surface area contributed by atoms with Gasteiger partial charge in [-0.1, -0.05) is 17.7 Å². The first kappa shape index (κ1) is 14.5. The van der Waals surface area contributed by atoms with Crippen molar-refractivity contribution in [3.05, 3.63) is 29.3 Å². The van der Waals surface area contributed by atoms with E-state index in [9.17, 15) is 9.59 Å². The average molecular weight is 271 g/mol. The smallest absolute Gasteiger partial charge is 0.320 e. The fourth-order valence-electron chi connectivity index (χ4n) is 1.32. The summed E-state index contributed by atoms with van der Waals surface area (Å²) in [6, 6.07) is 6.05. The standard InChI is InChI=1S/C12H15ClN2O3/c1-8(12(17)18)15(2)7-11(16)14-10-5-3-4-9(13)6-10/h3-6,8H,7H2,1-2H3,(H,14,16)(H,17,18). The number of hydrogen-bond acceptors (Lipinski definition) is 3. The third-order valence-corrected chi connectivity index (χ3v) is 2.76. The first-order chi connectivity index (χ1) is 8.40. The zero-order valence-corrected chi connectivity index (χ0v) is 10.9. The molecule has 1 amide bonds. The van der Waals surface area contributed by atoms with Crippen molar-refractivity contribution in [3.63, 3.8) is 0 Å². The highest BCUT2D eigenvalue weighted by Crippen LogP contribution is 2.14. The van der Waals surface area contributed by atoms with Gasteiger partial charge in [0.1, 0.15) is 6.04 Å². The second-order valence-electron chi connectivity index (χ2n) is 3.99. The van der Waals surface area contributed by atoms with E-state index in [1.165, 1.54) is 11.8 Å². The Kier molecular flexibility index (Phi) is 5.12. The molecular weight excluding hydrogens is 256 g/mol. The normalized spacial score (nSPS) is 12.2. The Hall–Kier alpha value is -1.59. The molecule has 0 fully saturated rings. The third kappa shape index (κ3) is 4.35. The van der Waals surface area contributed by atoms with E-state index in [1.54, 1.807) is 31.3 Å². The van der Waals surface area contributed by atoms with Crippen LogP contribution in [0, 0.1) is 0 Å². The number of rotatable bonds is 5. The molecule has 1 atom stereocenters. The number of anilines is 1. The summed E-state index contributed by atoms with van der Waals surface area (Å²) >= 11 is 5.79. The minimum Gasteiger partial charge on any atom is -0.480 e. The molecule has 0 aliphatic carbocycles. The summed E-state index contributed by atoms with van der Waals surface area (Å²) in [6.07, 6.45) is 0. The van der Waals surface area contributed by atoms with Gasteiger partial charge >= 0.3 is 5.97 Å². The molecule has 0 aliphatic heterocycles. The molecule has 0 saturated carbocycles. The summed E-state index contributed by atoms with van der Waals surface area (Å²) in [5, 5.41) is 12.0. The fourth-order valence-corrected chi connectivity index (χ4v) is 1.51. The summed E-state index contributed by atoms with van der Waals surface area (Å²) in [5.74, 6) is -1.25. The van der Waals surface area contributed by atoms with Crippen molar-refractivity contribution in [2.24, 2.45) is 0 Å². The van der Waals surface area contributed by atoms with E-state index in [-0.39, 0.29) is 12.5 Å². The maximum atomic E-state index is 11.7. The molecule has 18 heavy (non-hydrogen) atoms. The van der Waals surface area contributed by atoms with Crippen LogP contribution in [-0.4, -0.2) is 41.5 Å². The number of amides is 1. The average Bonchev–Trinajstić information content (AvgIpc) is 2.27. The minimum atomic E-state index is -0.965. The molecule has 0 radical (unpaired) electrons. The van der Waals surface area contributed by atoms with Crippen molar-refractivity contribution in [3.8, 4) is 0 Å². The van der Waals surface area contributed by atoms with Crippen molar-refractivity contribution in [1.29, 1.82) is 0 Å². The van der Waals surface area contributed by atoms with E-state index in [4.69, 9.17) is 16.7 Å². The van der Waals surface area contributed by atoms with Gasteiger partial charge in [-0.05, 0) is 32.2 Å². The van der Waals surface area contributed by atoms with Crippen LogP contribution in [0.2, 0.25) is 5.02 Å². The van der Waals surface area contributed by atoms with Crippen molar-refractivity contribution >= 4 is 29.2 Å². The summed E-state index contributed by atoms with van der Waals surface area (Å²) in [6.45, 7) is 1.52. The van der Waals surface area contributed by atoms with Gasteiger partial charge in [0.05, 0.1) is 6.54 Å². The molecule has 0 saturated heterocycles. The van der Waals surface area contributed by atoms with E-state index in [0.29, 0.717) is 10.7 Å². The van der Waals surface area contributed by atoms with Crippen molar-refractivity contribution in [2.45, 2.75) is 13.0 Å². The Balaban J connectivity index is 2.54. The molecule has 5 nitrogen and oxygen atoms in total. The molecule has 0 spiro atoms. The van der Waals surface area contributed by atoms with Gasteiger partial charge in [0.15, 0.2) is 0 Å². The maximum absolute atomic E-state index is 11.7. The van der Waals surface area contributed by atoms with E-state index in [0.717, 1.165) is 0 Å². The van der Waals surface area contributed by atoms with Gasteiger partial charge in [0.2, 0.25) is 5.91 Å². The Bertz CT molecular complexity index is 451. The number of carboxylic acids is 1. The number of nitrogens with one attached hydrogen (secondary N) is 1. The number of likely N-dealkylation sites (N-methyl/N-ethyl adjacent to an activating group) is 1. The molecular formula is C12H15ClN2O3. The van der Waals surface area contributed by atoms with E-state index >= 15 is 0 Å². The number of aliphatic carboxylic acids is 1. The van der Waals surface area contributed by atoms with E-state index in [1.807, 2.05) is 0 Å². The van der Waals surface area contributed by atoms with Crippen molar-refractivity contribution in [2.75, 3.05) is 18.9 Å². The molecule has 0 aliphatic rings. The van der Waals surface area contributed by atoms with E-state index < -0.39 is 12.0 Å². The quantitative estimate of drug-likeness (QED) is 0.854. The van der Waals surface area contributed by atoms with Crippen LogP contribution in [0.5, 0.6) is 0 Å². The summed E-state index contributed by atoms with van der Waals surface area (Å²) in [4.78, 5) is 23.9. The van der Waals surface area contributed by atoms with Gasteiger partial charge in [-0.15, -0.1) is 0 Å². The van der Waals surface area contributed by atoms with Crippen LogP contribution in [0.4, 0.5) is 5.69 Å². The van der Waals surface area contributed by atoms with Crippen molar-refractivity contribution in [1.82, 2.24) is 4.90 Å². The van der Waals surface area contributed by atoms with Crippen LogP contribution in [0.1, 0.15) is 6.92 Å². The molecule has 0 heterocycles. The van der Waals surface area contributed by atoms with Crippen LogP contribution in [0.3, 0.4) is 0 Å². The van der Waals surface area contributed by atoms with Crippen molar-refractivity contribution < 1.29 is 14.7 Å². The minimum absolute atomic E-state index is 0.0000198. The SMILES string of the molecule is CC(C(=O)O)N(C)CC(=O)Nc1cccc(Cl)c1. The summed E-state index contributed by atoms with van der Waals surface area (Å²) in [7, 11) is 1.58.